The molecule has 1 aliphatic carbocycles. The van der Waals surface area contributed by atoms with Crippen molar-refractivity contribution in [3.63, 3.8) is 0 Å². The maximum absolute atomic E-state index is 9.55. The molecule has 1 fully saturated rings. The third-order valence-electron chi connectivity index (χ3n) is 4.30. The second-order valence-electron chi connectivity index (χ2n) is 5.50. The molecule has 1 aromatic rings. The van der Waals surface area contributed by atoms with Gasteiger partial charge < -0.3 is 10.4 Å². The van der Waals surface area contributed by atoms with Crippen LogP contribution in [0.1, 0.15) is 49.1 Å². The highest BCUT2D eigenvalue weighted by Gasteiger charge is 2.25. The van der Waals surface area contributed by atoms with E-state index in [1.54, 1.807) is 0 Å². The van der Waals surface area contributed by atoms with E-state index < -0.39 is 0 Å². The minimum atomic E-state index is 0.420. The van der Waals surface area contributed by atoms with E-state index in [2.05, 4.69) is 11.4 Å². The zero-order valence-corrected chi connectivity index (χ0v) is 10.3. The summed E-state index contributed by atoms with van der Waals surface area (Å²) in [4.78, 5) is 0. The molecule has 2 nitrogen and oxygen atoms in total. The molecule has 0 radical (unpaired) electrons. The summed E-state index contributed by atoms with van der Waals surface area (Å²) in [5, 5.41) is 13.1. The van der Waals surface area contributed by atoms with E-state index in [0.717, 1.165) is 12.5 Å². The quantitative estimate of drug-likeness (QED) is 0.820. The summed E-state index contributed by atoms with van der Waals surface area (Å²) >= 11 is 0. The molecular formula is C15H21NO. The van der Waals surface area contributed by atoms with Gasteiger partial charge in [-0.3, -0.25) is 0 Å². The standard InChI is InChI=1S/C15H21NO/c17-14-6-7-15-11(3-1-4-12(15)10-14)9-13-5-2-8-16-13/h6-7,10-11,13,16-17H,1-5,8-9H2. The van der Waals surface area contributed by atoms with E-state index in [0.29, 0.717) is 11.7 Å². The normalized spacial score (nSPS) is 28.0. The number of aromatic hydroxyl groups is 1. The summed E-state index contributed by atoms with van der Waals surface area (Å²) in [5.41, 5.74) is 2.86. The molecule has 92 valence electrons. The number of hydrogen-bond acceptors (Lipinski definition) is 2. The lowest BCUT2D eigenvalue weighted by Gasteiger charge is -2.27. The van der Waals surface area contributed by atoms with Gasteiger partial charge in [0.25, 0.3) is 0 Å². The fourth-order valence-corrected chi connectivity index (χ4v) is 3.45. The Morgan fingerprint density at radius 2 is 2.18 bits per heavy atom. The van der Waals surface area contributed by atoms with Gasteiger partial charge in [0.15, 0.2) is 0 Å². The lowest BCUT2D eigenvalue weighted by molar-refractivity contribution is 0.440. The van der Waals surface area contributed by atoms with Crippen LogP contribution >= 0.6 is 0 Å². The topological polar surface area (TPSA) is 32.3 Å². The number of nitrogens with one attached hydrogen (secondary N) is 1. The Morgan fingerprint density at radius 1 is 1.24 bits per heavy atom. The average Bonchev–Trinajstić information content (AvgIpc) is 2.82. The van der Waals surface area contributed by atoms with Gasteiger partial charge in [-0.1, -0.05) is 6.07 Å². The highest BCUT2D eigenvalue weighted by molar-refractivity contribution is 5.38. The van der Waals surface area contributed by atoms with Gasteiger partial charge in [0.1, 0.15) is 5.75 Å². The molecular weight excluding hydrogens is 210 g/mol. The van der Waals surface area contributed by atoms with Crippen molar-refractivity contribution in [3.05, 3.63) is 29.3 Å². The number of fused-ring (bicyclic) bond motifs is 1. The number of phenols is 1. The molecule has 2 atom stereocenters. The van der Waals surface area contributed by atoms with Crippen LogP contribution in [-0.4, -0.2) is 17.7 Å². The van der Waals surface area contributed by atoms with Gasteiger partial charge in [-0.05, 0) is 74.2 Å². The summed E-state index contributed by atoms with van der Waals surface area (Å²) in [5.74, 6) is 1.12. The third-order valence-corrected chi connectivity index (χ3v) is 4.30. The molecule has 1 heterocycles. The van der Waals surface area contributed by atoms with Gasteiger partial charge in [0, 0.05) is 6.04 Å². The van der Waals surface area contributed by atoms with Crippen LogP contribution in [0.4, 0.5) is 0 Å². The van der Waals surface area contributed by atoms with Crippen molar-refractivity contribution in [2.45, 2.75) is 50.5 Å². The van der Waals surface area contributed by atoms with Crippen LogP contribution in [0.5, 0.6) is 5.75 Å². The van der Waals surface area contributed by atoms with Crippen molar-refractivity contribution >= 4 is 0 Å². The van der Waals surface area contributed by atoms with Crippen LogP contribution in [0.25, 0.3) is 0 Å². The molecule has 2 heteroatoms. The Balaban J connectivity index is 1.78. The Morgan fingerprint density at radius 3 is 3.00 bits per heavy atom. The summed E-state index contributed by atoms with van der Waals surface area (Å²) in [6.07, 6.45) is 7.67. The van der Waals surface area contributed by atoms with Crippen molar-refractivity contribution in [1.82, 2.24) is 5.32 Å². The molecule has 0 spiro atoms. The van der Waals surface area contributed by atoms with Crippen LogP contribution in [0.15, 0.2) is 18.2 Å². The van der Waals surface area contributed by atoms with Gasteiger partial charge >= 0.3 is 0 Å². The summed E-state index contributed by atoms with van der Waals surface area (Å²) in [6.45, 7) is 1.19. The van der Waals surface area contributed by atoms with Crippen LogP contribution in [0.2, 0.25) is 0 Å². The molecule has 17 heavy (non-hydrogen) atoms. The van der Waals surface area contributed by atoms with Gasteiger partial charge in [0.05, 0.1) is 0 Å². The van der Waals surface area contributed by atoms with Crippen LogP contribution in [0, 0.1) is 0 Å². The van der Waals surface area contributed by atoms with Gasteiger partial charge in [-0.25, -0.2) is 0 Å². The highest BCUT2D eigenvalue weighted by atomic mass is 16.3. The Labute approximate surface area is 103 Å². The monoisotopic (exact) mass is 231 g/mol. The minimum Gasteiger partial charge on any atom is -0.508 e. The molecule has 1 aromatic carbocycles. The van der Waals surface area contributed by atoms with E-state index in [9.17, 15) is 5.11 Å². The van der Waals surface area contributed by atoms with Crippen LogP contribution in [-0.2, 0) is 6.42 Å². The first-order chi connectivity index (χ1) is 8.33. The van der Waals surface area contributed by atoms with Crippen LogP contribution in [0.3, 0.4) is 0 Å². The fraction of sp³-hybridized carbons (Fsp3) is 0.600. The molecule has 1 aliphatic heterocycles. The van der Waals surface area contributed by atoms with Gasteiger partial charge in [0.2, 0.25) is 0 Å². The Kier molecular flexibility index (Phi) is 3.06. The zero-order valence-electron chi connectivity index (χ0n) is 10.3. The first-order valence-corrected chi connectivity index (χ1v) is 6.88. The summed E-state index contributed by atoms with van der Waals surface area (Å²) < 4.78 is 0. The molecule has 2 unspecified atom stereocenters. The molecule has 2 N–H and O–H groups in total. The van der Waals surface area contributed by atoms with Crippen molar-refractivity contribution in [1.29, 1.82) is 0 Å². The van der Waals surface area contributed by atoms with E-state index in [-0.39, 0.29) is 0 Å². The number of rotatable bonds is 2. The van der Waals surface area contributed by atoms with Crippen molar-refractivity contribution < 1.29 is 5.11 Å². The largest absolute Gasteiger partial charge is 0.508 e. The number of phenolic OH excluding ortho intramolecular Hbond substituents is 1. The molecule has 0 bridgehead atoms. The molecule has 0 aromatic heterocycles. The average molecular weight is 231 g/mol. The van der Waals surface area contributed by atoms with Crippen molar-refractivity contribution in [2.24, 2.45) is 0 Å². The molecule has 0 saturated carbocycles. The van der Waals surface area contributed by atoms with E-state index in [4.69, 9.17) is 0 Å². The molecule has 2 aliphatic rings. The second-order valence-corrected chi connectivity index (χ2v) is 5.50. The fourth-order valence-electron chi connectivity index (χ4n) is 3.45. The first kappa shape index (κ1) is 11.1. The smallest absolute Gasteiger partial charge is 0.115 e. The molecule has 0 amide bonds. The van der Waals surface area contributed by atoms with Crippen molar-refractivity contribution in [3.8, 4) is 5.75 Å². The van der Waals surface area contributed by atoms with Crippen LogP contribution < -0.4 is 5.32 Å². The maximum Gasteiger partial charge on any atom is 0.115 e. The molecule has 3 rings (SSSR count). The maximum atomic E-state index is 9.55. The number of aryl methyl sites for hydroxylation is 1. The SMILES string of the molecule is Oc1ccc2c(c1)CCCC2CC1CCCN1. The highest BCUT2D eigenvalue weighted by Crippen LogP contribution is 2.37. The minimum absolute atomic E-state index is 0.420. The zero-order chi connectivity index (χ0) is 11.7. The summed E-state index contributed by atoms with van der Waals surface area (Å²) in [7, 11) is 0. The lowest BCUT2D eigenvalue weighted by Crippen LogP contribution is -2.25. The Hall–Kier alpha value is -1.02. The van der Waals surface area contributed by atoms with E-state index in [1.165, 1.54) is 49.8 Å². The molecule has 1 saturated heterocycles. The lowest BCUT2D eigenvalue weighted by atomic mass is 9.79. The predicted octanol–water partition coefficient (Wildman–Crippen LogP) is 2.95. The first-order valence-electron chi connectivity index (χ1n) is 6.88. The number of benzene rings is 1. The van der Waals surface area contributed by atoms with E-state index >= 15 is 0 Å². The Bertz CT molecular complexity index is 396. The number of hydrogen-bond donors (Lipinski definition) is 2. The predicted molar refractivity (Wildman–Crippen MR) is 69.4 cm³/mol. The van der Waals surface area contributed by atoms with E-state index in [1.807, 2.05) is 12.1 Å². The summed E-state index contributed by atoms with van der Waals surface area (Å²) in [6, 6.07) is 6.67. The van der Waals surface area contributed by atoms with Crippen molar-refractivity contribution in [2.75, 3.05) is 6.54 Å². The second kappa shape index (κ2) is 4.69. The third kappa shape index (κ3) is 2.32. The van der Waals surface area contributed by atoms with Gasteiger partial charge in [-0.2, -0.15) is 0 Å². The van der Waals surface area contributed by atoms with Gasteiger partial charge in [-0.15, -0.1) is 0 Å².